The average Bonchev–Trinajstić information content (AvgIpc) is 2.47. The van der Waals surface area contributed by atoms with E-state index in [4.69, 9.17) is 14.2 Å². The van der Waals surface area contributed by atoms with Crippen LogP contribution in [0, 0.1) is 11.3 Å². The molecule has 0 aromatic heterocycles. The monoisotopic (exact) mass is 320 g/mol. The summed E-state index contributed by atoms with van der Waals surface area (Å²) in [6.45, 7) is 9.62. The number of aryl methyl sites for hydroxylation is 1. The maximum Gasteiger partial charge on any atom is 0.304 e. The fourth-order valence-electron chi connectivity index (χ4n) is 2.73. The molecule has 23 heavy (non-hydrogen) atoms. The molecule has 4 atom stereocenters. The van der Waals surface area contributed by atoms with Gasteiger partial charge in [-0.05, 0) is 18.4 Å². The van der Waals surface area contributed by atoms with E-state index in [0.717, 1.165) is 12.8 Å². The van der Waals surface area contributed by atoms with E-state index >= 15 is 0 Å². The zero-order chi connectivity index (χ0) is 17.0. The van der Waals surface area contributed by atoms with Gasteiger partial charge in [0, 0.05) is 18.3 Å². The van der Waals surface area contributed by atoms with Crippen LogP contribution in [-0.4, -0.2) is 24.7 Å². The second-order valence-corrected chi connectivity index (χ2v) is 7.37. The van der Waals surface area contributed by atoms with Gasteiger partial charge in [-0.15, -0.1) is 0 Å². The summed E-state index contributed by atoms with van der Waals surface area (Å²) in [5.41, 5.74) is 1.11. The van der Waals surface area contributed by atoms with Gasteiger partial charge in [-0.25, -0.2) is 0 Å². The molecular formula is C19H28O4. The number of carbonyl (C=O) groups is 1. The van der Waals surface area contributed by atoms with Gasteiger partial charge in [-0.2, -0.15) is 0 Å². The lowest BCUT2D eigenvalue weighted by Gasteiger charge is -2.44. The van der Waals surface area contributed by atoms with Crippen LogP contribution in [0.4, 0.5) is 0 Å². The van der Waals surface area contributed by atoms with Gasteiger partial charge in [0.2, 0.25) is 6.29 Å². The van der Waals surface area contributed by atoms with Crippen molar-refractivity contribution in [3.63, 3.8) is 0 Å². The van der Waals surface area contributed by atoms with E-state index in [1.807, 2.05) is 25.1 Å². The molecule has 0 bridgehead atoms. The highest BCUT2D eigenvalue weighted by Crippen LogP contribution is 2.35. The summed E-state index contributed by atoms with van der Waals surface area (Å²) in [7, 11) is 0. The summed E-state index contributed by atoms with van der Waals surface area (Å²) in [6.07, 6.45) is 0.867. The third kappa shape index (κ3) is 5.05. The van der Waals surface area contributed by atoms with Crippen LogP contribution < -0.4 is 0 Å². The molecule has 0 unspecified atom stereocenters. The normalized spacial score (nSPS) is 28.4. The molecule has 128 valence electrons. The third-order valence-electron chi connectivity index (χ3n) is 4.12. The Morgan fingerprint density at radius 1 is 1.17 bits per heavy atom. The maximum atomic E-state index is 11.4. The summed E-state index contributed by atoms with van der Waals surface area (Å²) in [5, 5.41) is 0. The summed E-state index contributed by atoms with van der Waals surface area (Å²) in [4.78, 5) is 11.4. The lowest BCUT2D eigenvalue weighted by Crippen LogP contribution is -2.51. The number of hydrogen-bond donors (Lipinski definition) is 0. The Kier molecular flexibility index (Phi) is 5.82. The van der Waals surface area contributed by atoms with Crippen LogP contribution in [0.5, 0.6) is 0 Å². The van der Waals surface area contributed by atoms with Crippen molar-refractivity contribution in [1.29, 1.82) is 0 Å². The van der Waals surface area contributed by atoms with E-state index < -0.39 is 6.29 Å². The van der Waals surface area contributed by atoms with Crippen LogP contribution in [0.15, 0.2) is 30.3 Å². The number of ether oxygens (including phenoxy) is 3. The number of esters is 1. The maximum absolute atomic E-state index is 11.4. The fourth-order valence-corrected chi connectivity index (χ4v) is 2.73. The molecule has 1 aromatic carbocycles. The number of benzene rings is 1. The molecule has 0 amide bonds. The van der Waals surface area contributed by atoms with Crippen molar-refractivity contribution in [3.05, 3.63) is 35.9 Å². The van der Waals surface area contributed by atoms with E-state index in [9.17, 15) is 4.79 Å². The lowest BCUT2D eigenvalue weighted by molar-refractivity contribution is -0.345. The molecule has 4 heteroatoms. The zero-order valence-corrected chi connectivity index (χ0v) is 14.7. The van der Waals surface area contributed by atoms with Crippen LogP contribution in [0.3, 0.4) is 0 Å². The van der Waals surface area contributed by atoms with Gasteiger partial charge in [-0.1, -0.05) is 58.0 Å². The smallest absolute Gasteiger partial charge is 0.304 e. The van der Waals surface area contributed by atoms with Crippen molar-refractivity contribution in [3.8, 4) is 0 Å². The molecule has 1 fully saturated rings. The zero-order valence-electron chi connectivity index (χ0n) is 14.7. The minimum atomic E-state index is -0.550. The van der Waals surface area contributed by atoms with Crippen LogP contribution in [0.1, 0.15) is 46.6 Å². The van der Waals surface area contributed by atoms with Crippen LogP contribution in [0.25, 0.3) is 0 Å². The SMILES string of the molecule is CC(=O)O[C@@H]1O[C@H](C(C)(C)C)O[C@H](CCc2ccccc2)[C@H]1C. The Labute approximate surface area is 139 Å². The Hall–Kier alpha value is -1.39. The van der Waals surface area contributed by atoms with Gasteiger partial charge < -0.3 is 14.2 Å². The molecule has 0 spiro atoms. The van der Waals surface area contributed by atoms with Gasteiger partial charge in [0.1, 0.15) is 0 Å². The van der Waals surface area contributed by atoms with E-state index in [2.05, 4.69) is 32.9 Å². The van der Waals surface area contributed by atoms with Gasteiger partial charge in [0.05, 0.1) is 6.10 Å². The first-order chi connectivity index (χ1) is 10.8. The van der Waals surface area contributed by atoms with Crippen molar-refractivity contribution < 1.29 is 19.0 Å². The number of rotatable bonds is 4. The molecule has 1 heterocycles. The van der Waals surface area contributed by atoms with Crippen molar-refractivity contribution in [2.45, 2.75) is 66.1 Å². The molecule has 0 N–H and O–H groups in total. The quantitative estimate of drug-likeness (QED) is 0.789. The standard InChI is InChI=1S/C19H28O4/c1-13-16(12-11-15-9-7-6-8-10-15)22-18(19(3,4)5)23-17(13)21-14(2)20/h6-10,13,16-18H,11-12H2,1-5H3/t13-,16-,17-,18-/m1/s1. The molecule has 1 aliphatic rings. The Bertz CT molecular complexity index is 506. The highest BCUT2D eigenvalue weighted by Gasteiger charge is 2.42. The summed E-state index contributed by atoms with van der Waals surface area (Å²) < 4.78 is 17.4. The Morgan fingerprint density at radius 3 is 2.39 bits per heavy atom. The van der Waals surface area contributed by atoms with E-state index in [-0.39, 0.29) is 29.7 Å². The highest BCUT2D eigenvalue weighted by molar-refractivity contribution is 5.66. The van der Waals surface area contributed by atoms with Gasteiger partial charge in [-0.3, -0.25) is 4.79 Å². The Balaban J connectivity index is 2.07. The van der Waals surface area contributed by atoms with Crippen molar-refractivity contribution in [2.75, 3.05) is 0 Å². The van der Waals surface area contributed by atoms with Crippen molar-refractivity contribution in [2.24, 2.45) is 11.3 Å². The minimum Gasteiger partial charge on any atom is -0.435 e. The molecular weight excluding hydrogens is 292 g/mol. The van der Waals surface area contributed by atoms with Crippen LogP contribution in [-0.2, 0) is 25.4 Å². The molecule has 2 rings (SSSR count). The largest absolute Gasteiger partial charge is 0.435 e. The molecule has 4 nitrogen and oxygen atoms in total. The first kappa shape index (κ1) is 18.0. The van der Waals surface area contributed by atoms with Crippen LogP contribution in [0.2, 0.25) is 0 Å². The van der Waals surface area contributed by atoms with Crippen molar-refractivity contribution in [1.82, 2.24) is 0 Å². The van der Waals surface area contributed by atoms with Gasteiger partial charge in [0.15, 0.2) is 6.29 Å². The van der Waals surface area contributed by atoms with Gasteiger partial charge in [0.25, 0.3) is 0 Å². The fraction of sp³-hybridized carbons (Fsp3) is 0.632. The Morgan fingerprint density at radius 2 is 1.83 bits per heavy atom. The average molecular weight is 320 g/mol. The molecule has 0 aliphatic carbocycles. The van der Waals surface area contributed by atoms with Crippen LogP contribution >= 0.6 is 0 Å². The molecule has 1 aliphatic heterocycles. The number of carbonyl (C=O) groups excluding carboxylic acids is 1. The molecule has 1 saturated heterocycles. The minimum absolute atomic E-state index is 0.00112. The lowest BCUT2D eigenvalue weighted by atomic mass is 9.91. The van der Waals surface area contributed by atoms with E-state index in [1.165, 1.54) is 12.5 Å². The highest BCUT2D eigenvalue weighted by atomic mass is 16.8. The van der Waals surface area contributed by atoms with Gasteiger partial charge >= 0.3 is 5.97 Å². The summed E-state index contributed by atoms with van der Waals surface area (Å²) in [5.74, 6) is -0.320. The summed E-state index contributed by atoms with van der Waals surface area (Å²) in [6, 6.07) is 10.3. The van der Waals surface area contributed by atoms with Crippen molar-refractivity contribution >= 4 is 5.97 Å². The van der Waals surface area contributed by atoms with E-state index in [0.29, 0.717) is 0 Å². The molecule has 0 saturated carbocycles. The topological polar surface area (TPSA) is 44.8 Å². The predicted molar refractivity (Wildman–Crippen MR) is 88.7 cm³/mol. The second-order valence-electron chi connectivity index (χ2n) is 7.37. The predicted octanol–water partition coefficient (Wildman–Crippen LogP) is 3.93. The van der Waals surface area contributed by atoms with E-state index in [1.54, 1.807) is 0 Å². The molecule has 1 aromatic rings. The third-order valence-corrected chi connectivity index (χ3v) is 4.12. The number of hydrogen-bond acceptors (Lipinski definition) is 4. The molecule has 0 radical (unpaired) electrons. The second kappa shape index (κ2) is 7.45. The summed E-state index contributed by atoms with van der Waals surface area (Å²) >= 11 is 0. The first-order valence-corrected chi connectivity index (χ1v) is 8.29. The first-order valence-electron chi connectivity index (χ1n) is 8.29.